The fraction of sp³-hybridized carbons (Fsp3) is 0.0870. The van der Waals surface area contributed by atoms with Crippen LogP contribution in [-0.4, -0.2) is 12.6 Å². The first-order chi connectivity index (χ1) is 13.2. The average molecular weight is 423 g/mol. The lowest BCUT2D eigenvalue weighted by Crippen LogP contribution is -1.99. The molecule has 0 fully saturated rings. The first-order valence-corrected chi connectivity index (χ1v) is 9.31. The Balaban J connectivity index is 1.68. The van der Waals surface area contributed by atoms with Crippen molar-refractivity contribution in [1.82, 2.24) is 0 Å². The molecular formula is C23H19BrO3. The monoisotopic (exact) mass is 422 g/mol. The van der Waals surface area contributed by atoms with Crippen LogP contribution in [-0.2, 0) is 16.1 Å². The van der Waals surface area contributed by atoms with Gasteiger partial charge in [-0.15, -0.1) is 0 Å². The quantitative estimate of drug-likeness (QED) is 0.269. The standard InChI is InChI=1S/C23H19BrO3/c1-2-14-26-23(25)13-11-17-10-12-22(21(24)15-17)27-16-19-8-5-7-18-6-3-4-9-20(18)19/h2-13,15H,1,14,16H2/b13-11+. The number of carbonyl (C=O) groups excluding carboxylic acids is 1. The molecule has 3 aromatic rings. The van der Waals surface area contributed by atoms with Gasteiger partial charge in [-0.25, -0.2) is 4.79 Å². The zero-order valence-electron chi connectivity index (χ0n) is 14.7. The summed E-state index contributed by atoms with van der Waals surface area (Å²) in [7, 11) is 0. The predicted octanol–water partition coefficient (Wildman–Crippen LogP) is 5.92. The summed E-state index contributed by atoms with van der Waals surface area (Å²) in [5, 5.41) is 2.38. The normalized spacial score (nSPS) is 10.9. The Morgan fingerprint density at radius 2 is 1.89 bits per heavy atom. The number of fused-ring (bicyclic) bond motifs is 1. The highest BCUT2D eigenvalue weighted by Gasteiger charge is 2.05. The molecule has 0 amide bonds. The minimum Gasteiger partial charge on any atom is -0.488 e. The van der Waals surface area contributed by atoms with E-state index in [1.54, 1.807) is 6.08 Å². The Morgan fingerprint density at radius 1 is 1.07 bits per heavy atom. The molecule has 0 atom stereocenters. The van der Waals surface area contributed by atoms with E-state index in [0.717, 1.165) is 21.3 Å². The van der Waals surface area contributed by atoms with Gasteiger partial charge in [0.15, 0.2) is 0 Å². The second-order valence-corrected chi connectivity index (χ2v) is 6.72. The van der Waals surface area contributed by atoms with Crippen LogP contribution in [0.15, 0.2) is 83.9 Å². The third kappa shape index (κ3) is 5.08. The second kappa shape index (κ2) is 9.19. The van der Waals surface area contributed by atoms with Crippen LogP contribution in [0.2, 0.25) is 0 Å². The van der Waals surface area contributed by atoms with Gasteiger partial charge in [-0.05, 0) is 56.0 Å². The number of carbonyl (C=O) groups is 1. The van der Waals surface area contributed by atoms with E-state index in [1.165, 1.54) is 22.9 Å². The topological polar surface area (TPSA) is 35.5 Å². The van der Waals surface area contributed by atoms with Gasteiger partial charge in [0.05, 0.1) is 4.47 Å². The maximum Gasteiger partial charge on any atom is 0.331 e. The van der Waals surface area contributed by atoms with Crippen molar-refractivity contribution in [1.29, 1.82) is 0 Å². The summed E-state index contributed by atoms with van der Waals surface area (Å²) in [6, 6.07) is 20.1. The van der Waals surface area contributed by atoms with E-state index in [0.29, 0.717) is 6.61 Å². The van der Waals surface area contributed by atoms with Crippen molar-refractivity contribution in [2.45, 2.75) is 6.61 Å². The van der Waals surface area contributed by atoms with E-state index in [4.69, 9.17) is 9.47 Å². The van der Waals surface area contributed by atoms with Crippen LogP contribution in [0.4, 0.5) is 0 Å². The van der Waals surface area contributed by atoms with Crippen molar-refractivity contribution in [2.75, 3.05) is 6.61 Å². The molecule has 0 saturated carbocycles. The zero-order chi connectivity index (χ0) is 19.1. The first kappa shape index (κ1) is 18.9. The smallest absolute Gasteiger partial charge is 0.331 e. The summed E-state index contributed by atoms with van der Waals surface area (Å²) >= 11 is 3.53. The van der Waals surface area contributed by atoms with E-state index < -0.39 is 5.97 Å². The van der Waals surface area contributed by atoms with Gasteiger partial charge in [-0.1, -0.05) is 61.2 Å². The number of hydrogen-bond acceptors (Lipinski definition) is 3. The van der Waals surface area contributed by atoms with E-state index in [2.05, 4.69) is 46.8 Å². The summed E-state index contributed by atoms with van der Waals surface area (Å²) in [6.07, 6.45) is 4.62. The molecule has 3 aromatic carbocycles. The van der Waals surface area contributed by atoms with E-state index in [-0.39, 0.29) is 6.61 Å². The number of halogens is 1. The predicted molar refractivity (Wildman–Crippen MR) is 113 cm³/mol. The molecule has 3 nitrogen and oxygen atoms in total. The third-order valence-corrected chi connectivity index (χ3v) is 4.59. The third-order valence-electron chi connectivity index (χ3n) is 3.97. The molecule has 0 unspecified atom stereocenters. The number of hydrogen-bond donors (Lipinski definition) is 0. The molecule has 27 heavy (non-hydrogen) atoms. The molecule has 4 heteroatoms. The molecule has 0 saturated heterocycles. The molecular weight excluding hydrogens is 404 g/mol. The molecule has 0 aromatic heterocycles. The molecule has 0 radical (unpaired) electrons. The Morgan fingerprint density at radius 3 is 2.70 bits per heavy atom. The summed E-state index contributed by atoms with van der Waals surface area (Å²) in [5.74, 6) is 0.344. The van der Waals surface area contributed by atoms with Gasteiger partial charge >= 0.3 is 5.97 Å². The lowest BCUT2D eigenvalue weighted by atomic mass is 10.1. The molecule has 0 heterocycles. The van der Waals surface area contributed by atoms with Gasteiger partial charge in [-0.2, -0.15) is 0 Å². The summed E-state index contributed by atoms with van der Waals surface area (Å²) < 4.78 is 11.7. The number of ether oxygens (including phenoxy) is 2. The van der Waals surface area contributed by atoms with Crippen LogP contribution in [0.5, 0.6) is 5.75 Å². The number of rotatable bonds is 7. The lowest BCUT2D eigenvalue weighted by Gasteiger charge is -2.11. The lowest BCUT2D eigenvalue weighted by molar-refractivity contribution is -0.136. The maximum atomic E-state index is 11.5. The Kier molecular flexibility index (Phi) is 6.44. The van der Waals surface area contributed by atoms with Crippen LogP contribution >= 0.6 is 15.9 Å². The first-order valence-electron chi connectivity index (χ1n) is 8.52. The number of esters is 1. The highest BCUT2D eigenvalue weighted by molar-refractivity contribution is 9.10. The van der Waals surface area contributed by atoms with Crippen molar-refractivity contribution in [3.8, 4) is 5.75 Å². The molecule has 0 spiro atoms. The van der Waals surface area contributed by atoms with Crippen LogP contribution in [0.3, 0.4) is 0 Å². The van der Waals surface area contributed by atoms with Gasteiger partial charge in [0.2, 0.25) is 0 Å². The van der Waals surface area contributed by atoms with E-state index in [9.17, 15) is 4.79 Å². The molecule has 0 aliphatic carbocycles. The van der Waals surface area contributed by atoms with Crippen molar-refractivity contribution < 1.29 is 14.3 Å². The van der Waals surface area contributed by atoms with Gasteiger partial charge in [0, 0.05) is 6.08 Å². The van der Waals surface area contributed by atoms with Crippen molar-refractivity contribution in [3.05, 3.63) is 95.0 Å². The van der Waals surface area contributed by atoms with Crippen molar-refractivity contribution >= 4 is 38.7 Å². The van der Waals surface area contributed by atoms with Crippen LogP contribution in [0.1, 0.15) is 11.1 Å². The fourth-order valence-electron chi connectivity index (χ4n) is 2.67. The Bertz CT molecular complexity index is 987. The van der Waals surface area contributed by atoms with Gasteiger partial charge in [0.1, 0.15) is 19.0 Å². The summed E-state index contributed by atoms with van der Waals surface area (Å²) in [5.41, 5.74) is 2.00. The van der Waals surface area contributed by atoms with Gasteiger partial charge < -0.3 is 9.47 Å². The van der Waals surface area contributed by atoms with E-state index >= 15 is 0 Å². The van der Waals surface area contributed by atoms with Crippen LogP contribution in [0.25, 0.3) is 16.8 Å². The SMILES string of the molecule is C=CCOC(=O)/C=C/c1ccc(OCc2cccc3ccccc23)c(Br)c1. The van der Waals surface area contributed by atoms with E-state index in [1.807, 2.05) is 36.4 Å². The molecule has 0 bridgehead atoms. The largest absolute Gasteiger partial charge is 0.488 e. The Labute approximate surface area is 167 Å². The van der Waals surface area contributed by atoms with Crippen molar-refractivity contribution in [2.24, 2.45) is 0 Å². The average Bonchev–Trinajstić information content (AvgIpc) is 2.70. The van der Waals surface area contributed by atoms with Gasteiger partial charge in [-0.3, -0.25) is 0 Å². The molecule has 0 aliphatic rings. The molecule has 0 aliphatic heterocycles. The fourth-order valence-corrected chi connectivity index (χ4v) is 3.18. The van der Waals surface area contributed by atoms with Crippen molar-refractivity contribution in [3.63, 3.8) is 0 Å². The van der Waals surface area contributed by atoms with Gasteiger partial charge in [0.25, 0.3) is 0 Å². The minimum atomic E-state index is -0.401. The molecule has 3 rings (SSSR count). The zero-order valence-corrected chi connectivity index (χ0v) is 16.3. The second-order valence-electron chi connectivity index (χ2n) is 5.87. The summed E-state index contributed by atoms with van der Waals surface area (Å²) in [4.78, 5) is 11.5. The summed E-state index contributed by atoms with van der Waals surface area (Å²) in [6.45, 7) is 4.18. The Hall–Kier alpha value is -2.85. The van der Waals surface area contributed by atoms with Crippen LogP contribution < -0.4 is 4.74 Å². The molecule has 136 valence electrons. The highest BCUT2D eigenvalue weighted by atomic mass is 79.9. The highest BCUT2D eigenvalue weighted by Crippen LogP contribution is 2.28. The number of benzene rings is 3. The minimum absolute atomic E-state index is 0.202. The molecule has 0 N–H and O–H groups in total. The van der Waals surface area contributed by atoms with Crippen LogP contribution in [0, 0.1) is 0 Å². The maximum absolute atomic E-state index is 11.5.